The molecule has 48 heavy (non-hydrogen) atoms. The number of anilines is 1. The maximum atomic E-state index is 14.5. The van der Waals surface area contributed by atoms with Crippen molar-refractivity contribution in [2.75, 3.05) is 31.0 Å². The molecule has 5 rings (SSSR count). The molecule has 0 fully saturated rings. The van der Waals surface area contributed by atoms with Gasteiger partial charge in [0.1, 0.15) is 23.1 Å². The van der Waals surface area contributed by atoms with Crippen LogP contribution in [0.5, 0.6) is 17.2 Å². The van der Waals surface area contributed by atoms with Crippen molar-refractivity contribution in [3.63, 3.8) is 0 Å². The maximum Gasteiger partial charge on any atom is 0.344 e. The summed E-state index contributed by atoms with van der Waals surface area (Å²) in [5, 5.41) is -0.0677. The summed E-state index contributed by atoms with van der Waals surface area (Å²) >= 11 is 6.02. The lowest BCUT2D eigenvalue weighted by molar-refractivity contribution is -0.146. The average molecular weight is 710 g/mol. The highest BCUT2D eigenvalue weighted by molar-refractivity contribution is 7.86. The Kier molecular flexibility index (Phi) is 12.1. The summed E-state index contributed by atoms with van der Waals surface area (Å²) in [5.41, 5.74) is 1.20. The first-order chi connectivity index (χ1) is 22.7. The molecule has 1 unspecified atom stereocenters. The van der Waals surface area contributed by atoms with Crippen LogP contribution in [0.2, 0.25) is 5.02 Å². The summed E-state index contributed by atoms with van der Waals surface area (Å²) in [5.74, 6) is -1.42. The molecule has 1 aliphatic carbocycles. The topological polar surface area (TPSA) is 135 Å². The number of carbonyl (C=O) groups is 3. The molecule has 0 aromatic heterocycles. The number of nitrogens with zero attached hydrogens (tertiary/aromatic N) is 1. The summed E-state index contributed by atoms with van der Waals surface area (Å²) < 4.78 is 63.4. The quantitative estimate of drug-likeness (QED) is 0.106. The summed E-state index contributed by atoms with van der Waals surface area (Å²) in [7, 11) is -3.53. The molecule has 2 aromatic carbocycles. The summed E-state index contributed by atoms with van der Waals surface area (Å²) in [6.07, 6.45) is 6.04. The number of hydrogen-bond donors (Lipinski definition) is 0. The molecule has 1 atom stereocenters. The van der Waals surface area contributed by atoms with Crippen LogP contribution in [-0.2, 0) is 39.4 Å². The molecule has 262 valence electrons. The summed E-state index contributed by atoms with van der Waals surface area (Å²) in [6.45, 7) is 8.36. The zero-order valence-electron chi connectivity index (χ0n) is 27.7. The van der Waals surface area contributed by atoms with Crippen LogP contribution in [0.1, 0.15) is 78.2 Å². The van der Waals surface area contributed by atoms with Gasteiger partial charge in [-0.1, -0.05) is 31.4 Å². The number of fused-ring (bicyclic) bond motifs is 1. The van der Waals surface area contributed by atoms with Gasteiger partial charge in [0.05, 0.1) is 29.0 Å². The Hall–Kier alpha value is -3.68. The summed E-state index contributed by atoms with van der Waals surface area (Å²) in [6, 6.07) is 7.11. The highest BCUT2D eigenvalue weighted by Gasteiger charge is 2.43. The van der Waals surface area contributed by atoms with Crippen molar-refractivity contribution in [3.8, 4) is 17.2 Å². The number of ether oxygens (including phenoxy) is 4. The van der Waals surface area contributed by atoms with E-state index in [4.69, 9.17) is 34.7 Å². The highest BCUT2D eigenvalue weighted by Crippen LogP contribution is 2.45. The SMILES string of the molecule is CCCCCOC(=O)COc1cc(N2C(=O)C3=C(CCCC3)C2=O)c(F)cc1Cl.CCOC1Oc2ccc(OS(C)(=O)=O)cc2C1(C)C. The van der Waals surface area contributed by atoms with E-state index in [0.29, 0.717) is 43.0 Å². The van der Waals surface area contributed by atoms with Gasteiger partial charge in [0.15, 0.2) is 6.61 Å². The second-order valence-electron chi connectivity index (χ2n) is 12.1. The number of rotatable bonds is 12. The van der Waals surface area contributed by atoms with Crippen LogP contribution in [-0.4, -0.2) is 58.6 Å². The number of benzene rings is 2. The van der Waals surface area contributed by atoms with Gasteiger partial charge >= 0.3 is 16.1 Å². The number of hydrogen-bond acceptors (Lipinski definition) is 10. The van der Waals surface area contributed by atoms with Crippen molar-refractivity contribution in [2.45, 2.75) is 84.3 Å². The van der Waals surface area contributed by atoms with Gasteiger partial charge < -0.3 is 23.1 Å². The lowest BCUT2D eigenvalue weighted by Gasteiger charge is -2.25. The van der Waals surface area contributed by atoms with E-state index in [0.717, 1.165) is 54.9 Å². The van der Waals surface area contributed by atoms with Crippen LogP contribution in [0.25, 0.3) is 0 Å². The predicted molar refractivity (Wildman–Crippen MR) is 176 cm³/mol. The molecule has 11 nitrogen and oxygen atoms in total. The van der Waals surface area contributed by atoms with Gasteiger partial charge in [-0.2, -0.15) is 8.42 Å². The molecule has 2 heterocycles. The fraction of sp³-hybridized carbons (Fsp3) is 0.500. The van der Waals surface area contributed by atoms with Crippen molar-refractivity contribution in [1.29, 1.82) is 0 Å². The Balaban J connectivity index is 0.000000237. The van der Waals surface area contributed by atoms with Crippen molar-refractivity contribution < 1.29 is 50.3 Å². The molecule has 0 saturated heterocycles. The Bertz CT molecular complexity index is 1660. The Labute approximate surface area is 285 Å². The fourth-order valence-corrected chi connectivity index (χ4v) is 6.26. The van der Waals surface area contributed by atoms with Gasteiger partial charge in [-0.3, -0.25) is 9.59 Å². The van der Waals surface area contributed by atoms with Gasteiger partial charge in [0.25, 0.3) is 11.8 Å². The largest absolute Gasteiger partial charge is 0.480 e. The van der Waals surface area contributed by atoms with E-state index >= 15 is 0 Å². The third-order valence-electron chi connectivity index (χ3n) is 8.02. The maximum absolute atomic E-state index is 14.5. The minimum absolute atomic E-state index is 0.000883. The first-order valence-electron chi connectivity index (χ1n) is 15.9. The zero-order valence-corrected chi connectivity index (χ0v) is 29.3. The number of imide groups is 1. The lowest BCUT2D eigenvalue weighted by Crippen LogP contribution is -2.34. The van der Waals surface area contributed by atoms with Crippen LogP contribution < -0.4 is 18.6 Å². The van der Waals surface area contributed by atoms with E-state index in [1.807, 2.05) is 27.7 Å². The van der Waals surface area contributed by atoms with E-state index in [9.17, 15) is 27.2 Å². The number of esters is 1. The van der Waals surface area contributed by atoms with Gasteiger partial charge in [-0.05, 0) is 77.1 Å². The van der Waals surface area contributed by atoms with Crippen LogP contribution >= 0.6 is 11.6 Å². The minimum Gasteiger partial charge on any atom is -0.480 e. The van der Waals surface area contributed by atoms with Crippen LogP contribution in [0.15, 0.2) is 41.5 Å². The molecule has 2 aromatic rings. The molecule has 0 saturated carbocycles. The van der Waals surface area contributed by atoms with Gasteiger partial charge in [0.2, 0.25) is 6.29 Å². The third kappa shape index (κ3) is 8.66. The minimum atomic E-state index is -3.53. The van der Waals surface area contributed by atoms with Crippen molar-refractivity contribution >= 4 is 45.2 Å². The highest BCUT2D eigenvalue weighted by atomic mass is 35.5. The third-order valence-corrected chi connectivity index (χ3v) is 8.81. The molecule has 0 bridgehead atoms. The normalized spacial score (nSPS) is 18.1. The van der Waals surface area contributed by atoms with Crippen molar-refractivity contribution in [3.05, 3.63) is 57.9 Å². The molecule has 0 spiro atoms. The second kappa shape index (κ2) is 15.7. The van der Waals surface area contributed by atoms with E-state index < -0.39 is 40.3 Å². The molecule has 14 heteroatoms. The first-order valence-corrected chi connectivity index (χ1v) is 18.1. The number of amides is 2. The predicted octanol–water partition coefficient (Wildman–Crippen LogP) is 6.39. The van der Waals surface area contributed by atoms with Gasteiger partial charge in [-0.25, -0.2) is 14.1 Å². The zero-order chi connectivity index (χ0) is 35.2. The first kappa shape index (κ1) is 37.1. The number of unbranched alkanes of at least 4 members (excludes halogenated alkanes) is 2. The van der Waals surface area contributed by atoms with Crippen LogP contribution in [0.3, 0.4) is 0 Å². The van der Waals surface area contributed by atoms with Crippen molar-refractivity contribution in [2.24, 2.45) is 0 Å². The van der Waals surface area contributed by atoms with Gasteiger partial charge in [0, 0.05) is 29.4 Å². The summed E-state index contributed by atoms with van der Waals surface area (Å²) in [4.78, 5) is 38.0. The molecular formula is C34H41ClFNO10S. The lowest BCUT2D eigenvalue weighted by atomic mass is 9.85. The van der Waals surface area contributed by atoms with E-state index in [-0.39, 0.29) is 33.9 Å². The number of carbonyl (C=O) groups excluding carboxylic acids is 3. The standard InChI is InChI=1S/C21H23ClFNO5.C13H18O5S/c1-2-3-6-9-28-19(25)12-29-18-11-17(16(23)10-15(18)22)24-20(26)13-7-4-5-8-14(13)21(24)27;1-5-16-12-13(2,3)10-8-9(18-19(4,14)15)6-7-11(10)17-12/h10-11H,2-9,12H2,1H3;6-8,12H,5H2,1-4H3. The number of halogens is 2. The van der Waals surface area contributed by atoms with Crippen LogP contribution in [0, 0.1) is 5.82 Å². The van der Waals surface area contributed by atoms with E-state index in [2.05, 4.69) is 0 Å². The molecule has 0 radical (unpaired) electrons. The Morgan fingerprint density at radius 1 is 1.06 bits per heavy atom. The van der Waals surface area contributed by atoms with Gasteiger partial charge in [-0.15, -0.1) is 0 Å². The fourth-order valence-electron chi connectivity index (χ4n) is 5.60. The molecular weight excluding hydrogens is 669 g/mol. The van der Waals surface area contributed by atoms with Crippen molar-refractivity contribution in [1.82, 2.24) is 0 Å². The van der Waals surface area contributed by atoms with E-state index in [1.165, 1.54) is 6.07 Å². The molecule has 3 aliphatic rings. The molecule has 2 amide bonds. The molecule has 2 aliphatic heterocycles. The Morgan fingerprint density at radius 3 is 2.33 bits per heavy atom. The van der Waals surface area contributed by atoms with Crippen LogP contribution in [0.4, 0.5) is 10.1 Å². The smallest absolute Gasteiger partial charge is 0.344 e. The van der Waals surface area contributed by atoms with E-state index in [1.54, 1.807) is 18.2 Å². The average Bonchev–Trinajstić information content (AvgIpc) is 3.42. The Morgan fingerprint density at radius 2 is 1.73 bits per heavy atom. The monoisotopic (exact) mass is 709 g/mol. The molecule has 0 N–H and O–H groups in total. The second-order valence-corrected chi connectivity index (χ2v) is 14.1.